The van der Waals surface area contributed by atoms with Gasteiger partial charge in [-0.15, -0.1) is 0 Å². The molecule has 0 radical (unpaired) electrons. The number of phenols is 1. The van der Waals surface area contributed by atoms with E-state index >= 15 is 0 Å². The second-order valence-corrected chi connectivity index (χ2v) is 7.03. The second-order valence-electron chi connectivity index (χ2n) is 7.03. The first-order chi connectivity index (χ1) is 14.4. The molecule has 1 saturated heterocycles. The van der Waals surface area contributed by atoms with E-state index in [-0.39, 0.29) is 29.3 Å². The lowest BCUT2D eigenvalue weighted by Gasteiger charge is -2.40. The summed E-state index contributed by atoms with van der Waals surface area (Å²) in [6.45, 7) is 1.88. The summed E-state index contributed by atoms with van der Waals surface area (Å²) in [7, 11) is 0. The number of aliphatic hydroxyl groups excluding tert-OH is 1. The van der Waals surface area contributed by atoms with Gasteiger partial charge in [-0.25, -0.2) is 8.78 Å². The Morgan fingerprint density at radius 2 is 1.47 bits per heavy atom. The Bertz CT molecular complexity index is 973. The first-order valence-corrected chi connectivity index (χ1v) is 9.69. The number of amides is 1. The van der Waals surface area contributed by atoms with Gasteiger partial charge >= 0.3 is 0 Å². The van der Waals surface area contributed by atoms with Gasteiger partial charge in [0.25, 0.3) is 0 Å². The van der Waals surface area contributed by atoms with Gasteiger partial charge in [0.2, 0.25) is 5.91 Å². The van der Waals surface area contributed by atoms with Crippen LogP contribution in [0.15, 0.2) is 72.8 Å². The highest BCUT2D eigenvalue weighted by Gasteiger charge is 2.38. The summed E-state index contributed by atoms with van der Waals surface area (Å²) in [5.41, 5.74) is 2.42. The monoisotopic (exact) mass is 411 g/mol. The number of aromatic hydroxyl groups is 1. The molecule has 0 aliphatic carbocycles. The molecule has 0 aromatic heterocycles. The summed E-state index contributed by atoms with van der Waals surface area (Å²) in [5.74, 6) is -0.373. The molecule has 30 heavy (non-hydrogen) atoms. The largest absolute Gasteiger partial charge is 0.508 e. The molecule has 1 fully saturated rings. The van der Waals surface area contributed by atoms with Gasteiger partial charge in [0.15, 0.2) is 0 Å². The van der Waals surface area contributed by atoms with Crippen LogP contribution in [0.1, 0.15) is 43.0 Å². The Kier molecular flexibility index (Phi) is 6.79. The van der Waals surface area contributed by atoms with Gasteiger partial charge in [-0.1, -0.05) is 31.2 Å². The number of rotatable bonds is 4. The summed E-state index contributed by atoms with van der Waals surface area (Å²) >= 11 is 0. The number of carbonyl (C=O) groups excluding carboxylic acids is 1. The Hall–Kier alpha value is -3.25. The predicted octanol–water partition coefficient (Wildman–Crippen LogP) is 5.28. The third kappa shape index (κ3) is 5.02. The topological polar surface area (TPSA) is 60.8 Å². The number of hydrogen-bond acceptors (Lipinski definition) is 3. The van der Waals surface area contributed by atoms with E-state index in [0.717, 1.165) is 11.1 Å². The third-order valence-electron chi connectivity index (χ3n) is 4.97. The normalized spacial score (nSPS) is 16.3. The molecule has 1 heterocycles. The Morgan fingerprint density at radius 3 is 1.97 bits per heavy atom. The van der Waals surface area contributed by atoms with Crippen LogP contribution in [0.4, 0.5) is 14.5 Å². The summed E-state index contributed by atoms with van der Waals surface area (Å²) in [6.07, 6.45) is 0.629. The van der Waals surface area contributed by atoms with Crippen molar-refractivity contribution in [3.05, 3.63) is 95.6 Å². The van der Waals surface area contributed by atoms with Crippen LogP contribution in [-0.2, 0) is 4.79 Å². The number of anilines is 1. The van der Waals surface area contributed by atoms with E-state index < -0.39 is 6.10 Å². The molecule has 4 rings (SSSR count). The fourth-order valence-corrected chi connectivity index (χ4v) is 3.23. The molecule has 6 heteroatoms. The summed E-state index contributed by atoms with van der Waals surface area (Å²) in [6, 6.07) is 18.5. The third-order valence-corrected chi connectivity index (χ3v) is 4.97. The average molecular weight is 411 g/mol. The minimum absolute atomic E-state index is 0.0182. The molecule has 3 aromatic carbocycles. The lowest BCUT2D eigenvalue weighted by molar-refractivity contribution is -0.124. The van der Waals surface area contributed by atoms with E-state index in [2.05, 4.69) is 0 Å². The molecule has 0 unspecified atom stereocenters. The van der Waals surface area contributed by atoms with E-state index in [9.17, 15) is 23.8 Å². The number of halogens is 2. The zero-order valence-corrected chi connectivity index (χ0v) is 16.5. The Labute approximate surface area is 174 Å². The summed E-state index contributed by atoms with van der Waals surface area (Å²) < 4.78 is 25.3. The minimum Gasteiger partial charge on any atom is -0.508 e. The number of aliphatic hydroxyl groups is 1. The first-order valence-electron chi connectivity index (χ1n) is 9.69. The number of nitrogens with zero attached hydrogens (tertiary/aromatic N) is 1. The maximum Gasteiger partial charge on any atom is 0.230 e. The molecule has 0 saturated carbocycles. The van der Waals surface area contributed by atoms with Crippen LogP contribution in [0.3, 0.4) is 0 Å². The SMILES string of the molecule is CC[C@H](O)c1ccc(F)cc1.O=C1C[C@@H](c2ccc(O)cc2)N1c1ccc(F)cc1. The number of benzene rings is 3. The number of phenolic OH excluding ortho intramolecular Hbond substituents is 1. The first kappa shape index (κ1) is 21.5. The van der Waals surface area contributed by atoms with Crippen molar-refractivity contribution in [2.24, 2.45) is 0 Å². The zero-order chi connectivity index (χ0) is 21.7. The van der Waals surface area contributed by atoms with E-state index in [0.29, 0.717) is 18.5 Å². The average Bonchev–Trinajstić information content (AvgIpc) is 2.75. The maximum atomic E-state index is 12.9. The molecule has 0 spiro atoms. The predicted molar refractivity (Wildman–Crippen MR) is 111 cm³/mol. The molecule has 2 atom stereocenters. The van der Waals surface area contributed by atoms with Gasteiger partial charge in [0, 0.05) is 5.69 Å². The van der Waals surface area contributed by atoms with Crippen molar-refractivity contribution in [2.45, 2.75) is 31.9 Å². The Morgan fingerprint density at radius 1 is 0.933 bits per heavy atom. The summed E-state index contributed by atoms with van der Waals surface area (Å²) in [4.78, 5) is 13.4. The smallest absolute Gasteiger partial charge is 0.230 e. The van der Waals surface area contributed by atoms with Crippen molar-refractivity contribution in [1.29, 1.82) is 0 Å². The fourth-order valence-electron chi connectivity index (χ4n) is 3.23. The van der Waals surface area contributed by atoms with E-state index in [4.69, 9.17) is 0 Å². The van der Waals surface area contributed by atoms with Gasteiger partial charge in [-0.05, 0) is 66.1 Å². The van der Waals surface area contributed by atoms with Crippen molar-refractivity contribution in [2.75, 3.05) is 4.90 Å². The van der Waals surface area contributed by atoms with Crippen molar-refractivity contribution in [3.63, 3.8) is 0 Å². The van der Waals surface area contributed by atoms with Crippen LogP contribution in [0.25, 0.3) is 0 Å². The molecular formula is C24H23F2NO3. The lowest BCUT2D eigenvalue weighted by Crippen LogP contribution is -2.46. The highest BCUT2D eigenvalue weighted by molar-refractivity contribution is 6.01. The van der Waals surface area contributed by atoms with Crippen LogP contribution in [0, 0.1) is 11.6 Å². The van der Waals surface area contributed by atoms with Crippen molar-refractivity contribution >= 4 is 11.6 Å². The standard InChI is InChI=1S/C15H12FNO2.C9H11FO/c16-11-3-5-12(6-4-11)17-14(9-15(17)19)10-1-7-13(18)8-2-10;1-2-9(11)7-3-5-8(10)6-4-7/h1-8,14,18H,9H2;3-6,9,11H,2H2,1H3/t14-;9-/m00/s1. The quantitative estimate of drug-likeness (QED) is 0.575. The lowest BCUT2D eigenvalue weighted by atomic mass is 9.93. The van der Waals surface area contributed by atoms with Crippen LogP contribution in [0.5, 0.6) is 5.75 Å². The van der Waals surface area contributed by atoms with E-state index in [1.54, 1.807) is 53.4 Å². The minimum atomic E-state index is -0.462. The van der Waals surface area contributed by atoms with Gasteiger partial charge < -0.3 is 15.1 Å². The summed E-state index contributed by atoms with van der Waals surface area (Å²) in [5, 5.41) is 18.6. The van der Waals surface area contributed by atoms with Gasteiger partial charge in [0.05, 0.1) is 18.6 Å². The number of hydrogen-bond donors (Lipinski definition) is 2. The van der Waals surface area contributed by atoms with Crippen molar-refractivity contribution in [3.8, 4) is 5.75 Å². The van der Waals surface area contributed by atoms with Gasteiger partial charge in [0.1, 0.15) is 17.4 Å². The molecule has 1 amide bonds. The molecule has 1 aliphatic heterocycles. The van der Waals surface area contributed by atoms with Crippen LogP contribution in [0.2, 0.25) is 0 Å². The fraction of sp³-hybridized carbons (Fsp3) is 0.208. The van der Waals surface area contributed by atoms with Crippen LogP contribution >= 0.6 is 0 Å². The second kappa shape index (κ2) is 9.50. The van der Waals surface area contributed by atoms with Crippen LogP contribution < -0.4 is 4.90 Å². The highest BCUT2D eigenvalue weighted by atomic mass is 19.1. The molecular weight excluding hydrogens is 388 g/mol. The van der Waals surface area contributed by atoms with Gasteiger partial charge in [-0.3, -0.25) is 4.79 Å². The molecule has 4 nitrogen and oxygen atoms in total. The maximum absolute atomic E-state index is 12.9. The molecule has 156 valence electrons. The zero-order valence-electron chi connectivity index (χ0n) is 16.5. The van der Waals surface area contributed by atoms with E-state index in [1.165, 1.54) is 24.3 Å². The van der Waals surface area contributed by atoms with Crippen LogP contribution in [-0.4, -0.2) is 16.1 Å². The molecule has 3 aromatic rings. The number of carbonyl (C=O) groups is 1. The molecule has 1 aliphatic rings. The Balaban J connectivity index is 0.000000199. The van der Waals surface area contributed by atoms with Gasteiger partial charge in [-0.2, -0.15) is 0 Å². The number of β-lactam (4-membered cyclic amide) rings is 1. The van der Waals surface area contributed by atoms with E-state index in [1.807, 2.05) is 6.92 Å². The molecule has 0 bridgehead atoms. The van der Waals surface area contributed by atoms with Crippen molar-refractivity contribution < 1.29 is 23.8 Å². The highest BCUT2D eigenvalue weighted by Crippen LogP contribution is 2.39. The molecule has 2 N–H and O–H groups in total. The van der Waals surface area contributed by atoms with Crippen molar-refractivity contribution in [1.82, 2.24) is 0 Å².